The second-order valence-corrected chi connectivity index (χ2v) is 11.5. The van der Waals surface area contributed by atoms with Crippen molar-refractivity contribution >= 4 is 33.8 Å². The van der Waals surface area contributed by atoms with E-state index in [0.717, 1.165) is 46.7 Å². The van der Waals surface area contributed by atoms with Crippen LogP contribution in [-0.2, 0) is 19.4 Å². The minimum Gasteiger partial charge on any atom is -0.489 e. The summed E-state index contributed by atoms with van der Waals surface area (Å²) in [6.07, 6.45) is 4.15. The number of thiophene rings is 1. The van der Waals surface area contributed by atoms with Gasteiger partial charge in [-0.1, -0.05) is 69.1 Å². The van der Waals surface area contributed by atoms with Crippen LogP contribution in [0.1, 0.15) is 71.7 Å². The molecule has 2 atom stereocenters. The Morgan fingerprint density at radius 3 is 2.62 bits per heavy atom. The first-order valence-electron chi connectivity index (χ1n) is 12.0. The Bertz CT molecular complexity index is 1200. The normalized spacial score (nSPS) is 19.6. The molecule has 2 N–H and O–H groups in total. The number of ether oxygens (including phenoxy) is 1. The lowest BCUT2D eigenvalue weighted by atomic mass is 9.69. The third-order valence-electron chi connectivity index (χ3n) is 7.63. The molecule has 0 saturated carbocycles. The molecule has 6 heteroatoms. The van der Waals surface area contributed by atoms with Gasteiger partial charge in [-0.05, 0) is 59.9 Å². The molecule has 4 nitrogen and oxygen atoms in total. The Labute approximate surface area is 210 Å². The molecule has 0 unspecified atom stereocenters. The maximum Gasteiger partial charge on any atom is 0.256 e. The largest absolute Gasteiger partial charge is 0.489 e. The van der Waals surface area contributed by atoms with E-state index in [1.165, 1.54) is 16.9 Å². The summed E-state index contributed by atoms with van der Waals surface area (Å²) in [4.78, 5) is 14.5. The fourth-order valence-corrected chi connectivity index (χ4v) is 6.50. The zero-order valence-corrected chi connectivity index (χ0v) is 21.5. The van der Waals surface area contributed by atoms with Gasteiger partial charge in [0, 0.05) is 15.5 Å². The number of fused-ring (bicyclic) bond motifs is 3. The van der Waals surface area contributed by atoms with Gasteiger partial charge in [0.25, 0.3) is 5.91 Å². The molecule has 0 fully saturated rings. The quantitative estimate of drug-likeness (QED) is 0.376. The maximum atomic E-state index is 13.1. The van der Waals surface area contributed by atoms with Crippen molar-refractivity contribution in [1.29, 1.82) is 0 Å². The van der Waals surface area contributed by atoms with Crippen LogP contribution in [0.25, 0.3) is 0 Å². The van der Waals surface area contributed by atoms with Crippen LogP contribution in [0.15, 0.2) is 48.5 Å². The monoisotopic (exact) mass is 494 g/mol. The molecule has 1 aliphatic heterocycles. The highest BCUT2D eigenvalue weighted by atomic mass is 35.5. The number of carbonyl (C=O) groups is 1. The Morgan fingerprint density at radius 2 is 1.88 bits per heavy atom. The van der Waals surface area contributed by atoms with Gasteiger partial charge in [-0.2, -0.15) is 0 Å². The minimum atomic E-state index is -0.249. The number of rotatable bonds is 6. The average molecular weight is 495 g/mol. The van der Waals surface area contributed by atoms with E-state index in [9.17, 15) is 4.79 Å². The van der Waals surface area contributed by atoms with Gasteiger partial charge in [-0.25, -0.2) is 0 Å². The van der Waals surface area contributed by atoms with Crippen molar-refractivity contribution in [2.24, 2.45) is 11.3 Å². The molecule has 0 spiro atoms. The van der Waals surface area contributed by atoms with Crippen LogP contribution in [0.3, 0.4) is 0 Å². The van der Waals surface area contributed by atoms with Gasteiger partial charge < -0.3 is 15.4 Å². The molecular formula is C28H31ClN2O2S. The fraction of sp³-hybridized carbons (Fsp3) is 0.393. The van der Waals surface area contributed by atoms with Gasteiger partial charge in [0.2, 0.25) is 0 Å². The summed E-state index contributed by atoms with van der Waals surface area (Å²) in [5.74, 6) is 1.47. The van der Waals surface area contributed by atoms with Crippen LogP contribution < -0.4 is 15.4 Å². The van der Waals surface area contributed by atoms with E-state index in [4.69, 9.17) is 16.3 Å². The van der Waals surface area contributed by atoms with E-state index < -0.39 is 0 Å². The van der Waals surface area contributed by atoms with Crippen molar-refractivity contribution in [3.8, 4) is 5.75 Å². The van der Waals surface area contributed by atoms with Crippen molar-refractivity contribution < 1.29 is 9.53 Å². The first-order chi connectivity index (χ1) is 16.4. The Kier molecular flexibility index (Phi) is 6.34. The molecular weight excluding hydrogens is 464 g/mol. The summed E-state index contributed by atoms with van der Waals surface area (Å²) in [6.45, 7) is 7.44. The van der Waals surface area contributed by atoms with Gasteiger partial charge >= 0.3 is 0 Å². The average Bonchev–Trinajstić information content (AvgIpc) is 3.22. The smallest absolute Gasteiger partial charge is 0.256 e. The number of amides is 1. The lowest BCUT2D eigenvalue weighted by Crippen LogP contribution is -2.38. The number of anilines is 1. The molecule has 5 rings (SSSR count). The van der Waals surface area contributed by atoms with Crippen LogP contribution >= 0.6 is 22.9 Å². The van der Waals surface area contributed by atoms with Gasteiger partial charge in [0.1, 0.15) is 23.5 Å². The first-order valence-corrected chi connectivity index (χ1v) is 13.2. The second-order valence-electron chi connectivity index (χ2n) is 9.99. The van der Waals surface area contributed by atoms with Crippen LogP contribution in [0.2, 0.25) is 5.02 Å². The standard InChI is InChI=1S/C28H31ClN2O2S/c1-4-28(2,3)19-11-14-21-23(15-19)34-27-24(21)26(32)30-25(31-27)17-9-12-20(13-10-17)33-16-18-7-5-6-8-22(18)29/h5-10,12-13,19,25,31H,4,11,14-16H2,1-3H3,(H,30,32)/t19-,25+/m1/s1. The van der Waals surface area contributed by atoms with Gasteiger partial charge in [0.15, 0.2) is 0 Å². The van der Waals surface area contributed by atoms with Crippen molar-refractivity contribution in [2.45, 2.75) is 59.2 Å². The molecule has 2 aromatic carbocycles. The van der Waals surface area contributed by atoms with Crippen LogP contribution in [0.4, 0.5) is 5.00 Å². The SMILES string of the molecule is CCC(C)(C)[C@@H]1CCc2c(sc3c2C(=O)N[C@H](c2ccc(OCc4ccccc4Cl)cc2)N3)C1. The third kappa shape index (κ3) is 4.44. The lowest BCUT2D eigenvalue weighted by molar-refractivity contribution is 0.0934. The third-order valence-corrected chi connectivity index (χ3v) is 9.18. The summed E-state index contributed by atoms with van der Waals surface area (Å²) in [6, 6.07) is 15.6. The number of hydrogen-bond acceptors (Lipinski definition) is 4. The minimum absolute atomic E-state index is 0.0310. The van der Waals surface area contributed by atoms with Gasteiger partial charge in [-0.3, -0.25) is 4.79 Å². The fourth-order valence-electron chi connectivity index (χ4n) is 4.95. The second kappa shape index (κ2) is 9.27. The molecule has 0 saturated heterocycles. The molecule has 1 aromatic heterocycles. The first kappa shape index (κ1) is 23.3. The molecule has 178 valence electrons. The lowest BCUT2D eigenvalue weighted by Gasteiger charge is -2.36. The van der Waals surface area contributed by atoms with Gasteiger partial charge in [0.05, 0.1) is 5.56 Å². The van der Waals surface area contributed by atoms with E-state index in [1.54, 1.807) is 11.3 Å². The molecule has 34 heavy (non-hydrogen) atoms. The van der Waals surface area contributed by atoms with E-state index in [0.29, 0.717) is 23.0 Å². The highest BCUT2D eigenvalue weighted by molar-refractivity contribution is 7.16. The summed E-state index contributed by atoms with van der Waals surface area (Å²) < 4.78 is 5.90. The molecule has 1 amide bonds. The summed E-state index contributed by atoms with van der Waals surface area (Å²) in [5, 5.41) is 8.45. The number of carbonyl (C=O) groups excluding carboxylic acids is 1. The Balaban J connectivity index is 1.29. The predicted molar refractivity (Wildman–Crippen MR) is 140 cm³/mol. The van der Waals surface area contributed by atoms with E-state index in [2.05, 4.69) is 31.4 Å². The van der Waals surface area contributed by atoms with Crippen molar-refractivity contribution in [3.05, 3.63) is 80.7 Å². The summed E-state index contributed by atoms with van der Waals surface area (Å²) in [7, 11) is 0. The number of hydrogen-bond donors (Lipinski definition) is 2. The Hall–Kier alpha value is -2.50. The van der Waals surface area contributed by atoms with E-state index in [-0.39, 0.29) is 12.1 Å². The zero-order chi connectivity index (χ0) is 23.9. The predicted octanol–water partition coefficient (Wildman–Crippen LogP) is 7.38. The maximum absolute atomic E-state index is 13.1. The number of benzene rings is 2. The number of nitrogens with one attached hydrogen (secondary N) is 2. The molecule has 0 bridgehead atoms. The molecule has 1 aliphatic carbocycles. The van der Waals surface area contributed by atoms with Gasteiger partial charge in [-0.15, -0.1) is 11.3 Å². The summed E-state index contributed by atoms with van der Waals surface area (Å²) in [5.41, 5.74) is 4.41. The molecule has 2 heterocycles. The zero-order valence-electron chi connectivity index (χ0n) is 19.9. The van der Waals surface area contributed by atoms with Crippen LogP contribution in [-0.4, -0.2) is 5.91 Å². The summed E-state index contributed by atoms with van der Waals surface area (Å²) >= 11 is 7.99. The van der Waals surface area contributed by atoms with E-state index >= 15 is 0 Å². The van der Waals surface area contributed by atoms with Crippen molar-refractivity contribution in [3.63, 3.8) is 0 Å². The number of halogens is 1. The Morgan fingerprint density at radius 1 is 1.12 bits per heavy atom. The molecule has 2 aliphatic rings. The highest BCUT2D eigenvalue weighted by Crippen LogP contribution is 2.47. The van der Waals surface area contributed by atoms with Crippen LogP contribution in [0.5, 0.6) is 5.75 Å². The highest BCUT2D eigenvalue weighted by Gasteiger charge is 2.37. The van der Waals surface area contributed by atoms with Crippen molar-refractivity contribution in [2.75, 3.05) is 5.32 Å². The van der Waals surface area contributed by atoms with Crippen LogP contribution in [0, 0.1) is 11.3 Å². The van der Waals surface area contributed by atoms with E-state index in [1.807, 2.05) is 48.5 Å². The molecule has 3 aromatic rings. The van der Waals surface area contributed by atoms with Crippen molar-refractivity contribution in [1.82, 2.24) is 5.32 Å². The molecule has 0 radical (unpaired) electrons. The topological polar surface area (TPSA) is 50.4 Å².